The summed E-state index contributed by atoms with van der Waals surface area (Å²) in [4.78, 5) is 0. The molecule has 0 radical (unpaired) electrons. The van der Waals surface area contributed by atoms with E-state index in [0.29, 0.717) is 0 Å². The molecule has 0 amide bonds. The van der Waals surface area contributed by atoms with Crippen LogP contribution >= 0.6 is 11.6 Å². The molecule has 0 heterocycles. The molecule has 70 valence electrons. The van der Waals surface area contributed by atoms with Crippen molar-refractivity contribution >= 4 is 11.6 Å². The molecule has 1 aromatic carbocycles. The number of hydrogen-bond acceptors (Lipinski definition) is 1. The normalized spacial score (nSPS) is 18.8. The van der Waals surface area contributed by atoms with Crippen molar-refractivity contribution in [2.75, 3.05) is 0 Å². The highest BCUT2D eigenvalue weighted by Crippen LogP contribution is 2.44. The first kappa shape index (κ1) is 8.97. The summed E-state index contributed by atoms with van der Waals surface area (Å²) < 4.78 is 13.1. The Morgan fingerprint density at radius 1 is 1.46 bits per heavy atom. The molecule has 13 heavy (non-hydrogen) atoms. The molecule has 1 nitrogen and oxygen atoms in total. The van der Waals surface area contributed by atoms with Gasteiger partial charge in [-0.25, -0.2) is 4.39 Å². The van der Waals surface area contributed by atoms with Gasteiger partial charge in [0.25, 0.3) is 0 Å². The predicted octanol–water partition coefficient (Wildman–Crippen LogP) is 2.74. The lowest BCUT2D eigenvalue weighted by molar-refractivity contribution is 0.617. The van der Waals surface area contributed by atoms with Crippen molar-refractivity contribution in [3.05, 3.63) is 34.1 Å². The lowest BCUT2D eigenvalue weighted by Gasteiger charge is -2.13. The number of aryl methyl sites for hydroxylation is 1. The first-order chi connectivity index (χ1) is 6.03. The maximum Gasteiger partial charge on any atom is 0.142 e. The molecule has 3 heteroatoms. The van der Waals surface area contributed by atoms with E-state index in [1.165, 1.54) is 6.07 Å². The molecule has 2 N–H and O–H groups in total. The molecule has 1 fully saturated rings. The number of halogens is 2. The van der Waals surface area contributed by atoms with Crippen molar-refractivity contribution in [1.82, 2.24) is 0 Å². The van der Waals surface area contributed by atoms with Crippen LogP contribution in [0.25, 0.3) is 0 Å². The van der Waals surface area contributed by atoms with Crippen molar-refractivity contribution < 1.29 is 4.39 Å². The lowest BCUT2D eigenvalue weighted by Crippen LogP contribution is -2.20. The van der Waals surface area contributed by atoms with E-state index < -0.39 is 0 Å². The van der Waals surface area contributed by atoms with Crippen LogP contribution in [-0.4, -0.2) is 0 Å². The summed E-state index contributed by atoms with van der Waals surface area (Å²) >= 11 is 5.64. The fraction of sp³-hybridized carbons (Fsp3) is 0.400. The third-order valence-corrected chi connectivity index (χ3v) is 2.88. The van der Waals surface area contributed by atoms with Crippen LogP contribution < -0.4 is 5.73 Å². The van der Waals surface area contributed by atoms with Crippen molar-refractivity contribution in [2.24, 2.45) is 5.73 Å². The summed E-state index contributed by atoms with van der Waals surface area (Å²) in [5.74, 6) is -0.376. The van der Waals surface area contributed by atoms with Crippen LogP contribution in [0.3, 0.4) is 0 Å². The Morgan fingerprint density at radius 3 is 2.62 bits per heavy atom. The quantitative estimate of drug-likeness (QED) is 0.740. The van der Waals surface area contributed by atoms with Gasteiger partial charge in [0.05, 0.1) is 5.02 Å². The minimum Gasteiger partial charge on any atom is -0.321 e. The number of hydrogen-bond donors (Lipinski definition) is 1. The molecule has 0 aliphatic heterocycles. The largest absolute Gasteiger partial charge is 0.321 e. The zero-order valence-electron chi connectivity index (χ0n) is 7.40. The molecule has 0 unspecified atom stereocenters. The predicted molar refractivity (Wildman–Crippen MR) is 51.2 cm³/mol. The van der Waals surface area contributed by atoms with Crippen molar-refractivity contribution in [1.29, 1.82) is 0 Å². The first-order valence-corrected chi connectivity index (χ1v) is 4.66. The fourth-order valence-electron chi connectivity index (χ4n) is 1.59. The van der Waals surface area contributed by atoms with Gasteiger partial charge in [-0.1, -0.05) is 11.6 Å². The summed E-state index contributed by atoms with van der Waals surface area (Å²) in [7, 11) is 0. The average Bonchev–Trinajstić information content (AvgIpc) is 2.77. The van der Waals surface area contributed by atoms with Gasteiger partial charge in [-0.05, 0) is 43.0 Å². The van der Waals surface area contributed by atoms with Crippen molar-refractivity contribution in [2.45, 2.75) is 25.3 Å². The SMILES string of the molecule is Cc1cc(Cl)c(F)cc1C1(N)CC1. The van der Waals surface area contributed by atoms with Gasteiger partial charge in [-0.15, -0.1) is 0 Å². The third kappa shape index (κ3) is 1.45. The Labute approximate surface area is 81.7 Å². The number of rotatable bonds is 1. The van der Waals surface area contributed by atoms with Crippen molar-refractivity contribution in [3.63, 3.8) is 0 Å². The molecule has 0 saturated heterocycles. The third-order valence-electron chi connectivity index (χ3n) is 2.59. The van der Waals surface area contributed by atoms with E-state index >= 15 is 0 Å². The van der Waals surface area contributed by atoms with Crippen LogP contribution in [0, 0.1) is 12.7 Å². The van der Waals surface area contributed by atoms with E-state index in [1.54, 1.807) is 6.07 Å². The Hall–Kier alpha value is -0.600. The van der Waals surface area contributed by atoms with Crippen LogP contribution in [0.1, 0.15) is 24.0 Å². The molecule has 2 rings (SSSR count). The molecule has 0 spiro atoms. The molecular weight excluding hydrogens is 189 g/mol. The molecule has 1 aliphatic rings. The molecule has 1 aromatic rings. The van der Waals surface area contributed by atoms with E-state index in [4.69, 9.17) is 17.3 Å². The van der Waals surface area contributed by atoms with Crippen LogP contribution in [0.15, 0.2) is 12.1 Å². The molecule has 1 saturated carbocycles. The Kier molecular flexibility index (Phi) is 1.86. The molecule has 0 aromatic heterocycles. The highest BCUT2D eigenvalue weighted by atomic mass is 35.5. The lowest BCUT2D eigenvalue weighted by atomic mass is 10.00. The van der Waals surface area contributed by atoms with E-state index in [-0.39, 0.29) is 16.4 Å². The molecule has 0 atom stereocenters. The van der Waals surface area contributed by atoms with Gasteiger partial charge in [0.1, 0.15) is 5.82 Å². The summed E-state index contributed by atoms with van der Waals surface area (Å²) in [5, 5.41) is 0.172. The fourth-order valence-corrected chi connectivity index (χ4v) is 1.80. The highest BCUT2D eigenvalue weighted by Gasteiger charge is 2.41. The summed E-state index contributed by atoms with van der Waals surface area (Å²) in [6.45, 7) is 1.91. The average molecular weight is 200 g/mol. The molecular formula is C10H11ClFN. The minimum atomic E-state index is -0.376. The maximum absolute atomic E-state index is 13.1. The van der Waals surface area contributed by atoms with E-state index in [1.807, 2.05) is 6.92 Å². The topological polar surface area (TPSA) is 26.0 Å². The Morgan fingerprint density at radius 2 is 2.08 bits per heavy atom. The van der Waals surface area contributed by atoms with Gasteiger partial charge < -0.3 is 5.73 Å². The zero-order chi connectivity index (χ0) is 9.64. The van der Waals surface area contributed by atoms with Gasteiger partial charge in [0, 0.05) is 5.54 Å². The second kappa shape index (κ2) is 2.69. The maximum atomic E-state index is 13.1. The van der Waals surface area contributed by atoms with Gasteiger partial charge in [-0.3, -0.25) is 0 Å². The van der Waals surface area contributed by atoms with E-state index in [9.17, 15) is 4.39 Å². The standard InChI is InChI=1S/C10H11ClFN/c1-6-4-8(11)9(12)5-7(6)10(13)2-3-10/h4-5H,2-3,13H2,1H3. The van der Waals surface area contributed by atoms with E-state index in [2.05, 4.69) is 0 Å². The smallest absolute Gasteiger partial charge is 0.142 e. The second-order valence-corrected chi connectivity index (χ2v) is 4.14. The summed E-state index contributed by atoms with van der Waals surface area (Å²) in [5.41, 5.74) is 7.57. The van der Waals surface area contributed by atoms with Crippen LogP contribution in [0.2, 0.25) is 5.02 Å². The van der Waals surface area contributed by atoms with Gasteiger partial charge in [-0.2, -0.15) is 0 Å². The summed E-state index contributed by atoms with van der Waals surface area (Å²) in [6.07, 6.45) is 1.88. The van der Waals surface area contributed by atoms with Crippen molar-refractivity contribution in [3.8, 4) is 0 Å². The Bertz CT molecular complexity index is 358. The molecule has 1 aliphatic carbocycles. The van der Waals surface area contributed by atoms with Crippen LogP contribution in [-0.2, 0) is 5.54 Å². The van der Waals surface area contributed by atoms with Crippen LogP contribution in [0.4, 0.5) is 4.39 Å². The highest BCUT2D eigenvalue weighted by molar-refractivity contribution is 6.30. The van der Waals surface area contributed by atoms with Gasteiger partial charge in [0.15, 0.2) is 0 Å². The first-order valence-electron chi connectivity index (χ1n) is 4.28. The second-order valence-electron chi connectivity index (χ2n) is 3.74. The molecule has 0 bridgehead atoms. The van der Waals surface area contributed by atoms with E-state index in [0.717, 1.165) is 24.0 Å². The summed E-state index contributed by atoms with van der Waals surface area (Å²) in [6, 6.07) is 3.10. The zero-order valence-corrected chi connectivity index (χ0v) is 8.16. The number of benzene rings is 1. The van der Waals surface area contributed by atoms with Gasteiger partial charge in [0.2, 0.25) is 0 Å². The van der Waals surface area contributed by atoms with Crippen LogP contribution in [0.5, 0.6) is 0 Å². The number of nitrogens with two attached hydrogens (primary N) is 1. The van der Waals surface area contributed by atoms with Gasteiger partial charge >= 0.3 is 0 Å². The monoisotopic (exact) mass is 199 g/mol. The Balaban J connectivity index is 2.52. The minimum absolute atomic E-state index is 0.172.